The topological polar surface area (TPSA) is 138 Å². The summed E-state index contributed by atoms with van der Waals surface area (Å²) >= 11 is 1.23. The molecule has 41 heavy (non-hydrogen) atoms. The smallest absolute Gasteiger partial charge is 0.331 e. The van der Waals surface area contributed by atoms with Crippen molar-refractivity contribution in [3.63, 3.8) is 0 Å². The molecule has 1 aromatic carbocycles. The number of hydrogen-bond donors (Lipinski definition) is 3. The fraction of sp³-hybridized carbons (Fsp3) is 0.241. The number of carbonyl (C=O) groups is 3. The second kappa shape index (κ2) is 11.0. The Bertz CT molecular complexity index is 1670. The lowest BCUT2D eigenvalue weighted by Gasteiger charge is -2.32. The monoisotopic (exact) mass is 569 g/mol. The Kier molecular flexibility index (Phi) is 7.06. The lowest BCUT2D eigenvalue weighted by molar-refractivity contribution is -0.117. The number of thiophene rings is 1. The minimum Gasteiger partial charge on any atom is -0.438 e. The Labute approximate surface area is 239 Å². The van der Waals surface area contributed by atoms with Gasteiger partial charge in [0.1, 0.15) is 15.5 Å². The summed E-state index contributed by atoms with van der Waals surface area (Å²) in [4.78, 5) is 46.1. The molecule has 1 aliphatic heterocycles. The lowest BCUT2D eigenvalue weighted by Crippen LogP contribution is -2.52. The molecule has 4 aromatic rings. The van der Waals surface area contributed by atoms with E-state index in [1.54, 1.807) is 47.6 Å². The van der Waals surface area contributed by atoms with Gasteiger partial charge in [-0.05, 0) is 61.7 Å². The van der Waals surface area contributed by atoms with Gasteiger partial charge >= 0.3 is 6.03 Å². The summed E-state index contributed by atoms with van der Waals surface area (Å²) < 4.78 is 5.80. The van der Waals surface area contributed by atoms with Gasteiger partial charge in [0.2, 0.25) is 11.8 Å². The van der Waals surface area contributed by atoms with Gasteiger partial charge in [-0.1, -0.05) is 19.4 Å². The van der Waals surface area contributed by atoms with Crippen LogP contribution in [0.5, 0.6) is 11.6 Å². The van der Waals surface area contributed by atoms with Crippen LogP contribution in [0.1, 0.15) is 40.9 Å². The minimum absolute atomic E-state index is 0.188. The number of rotatable bonds is 7. The molecule has 0 unspecified atom stereocenters. The number of anilines is 3. The first-order valence-electron chi connectivity index (χ1n) is 13.3. The quantitative estimate of drug-likeness (QED) is 0.260. The average Bonchev–Trinajstić information content (AvgIpc) is 3.35. The number of urea groups is 1. The van der Waals surface area contributed by atoms with E-state index in [0.29, 0.717) is 43.8 Å². The van der Waals surface area contributed by atoms with Crippen LogP contribution < -0.4 is 25.6 Å². The first-order chi connectivity index (χ1) is 19.9. The molecule has 0 radical (unpaired) electrons. The maximum atomic E-state index is 13.6. The molecular formula is C29H27N7O4S. The van der Waals surface area contributed by atoms with E-state index >= 15 is 0 Å². The van der Waals surface area contributed by atoms with Crippen LogP contribution in [0.4, 0.5) is 21.9 Å². The number of ether oxygens (including phenoxy) is 1. The largest absolute Gasteiger partial charge is 0.438 e. The average molecular weight is 570 g/mol. The van der Waals surface area contributed by atoms with Crippen LogP contribution >= 0.6 is 11.3 Å². The summed E-state index contributed by atoms with van der Waals surface area (Å²) in [6, 6.07) is 9.79. The number of carbonyl (C=O) groups excluding carboxylic acids is 3. The van der Waals surface area contributed by atoms with Crippen LogP contribution in [0.25, 0.3) is 10.2 Å². The highest BCUT2D eigenvalue weighted by Gasteiger charge is 2.35. The summed E-state index contributed by atoms with van der Waals surface area (Å²) in [5.41, 5.74) is 2.53. The van der Waals surface area contributed by atoms with Crippen molar-refractivity contribution in [2.75, 3.05) is 10.2 Å². The maximum absolute atomic E-state index is 13.6. The fourth-order valence-corrected chi connectivity index (χ4v) is 6.36. The molecule has 208 valence electrons. The van der Waals surface area contributed by atoms with E-state index in [2.05, 4.69) is 37.7 Å². The second-order valence-electron chi connectivity index (χ2n) is 9.88. The molecule has 1 aliphatic carbocycles. The van der Waals surface area contributed by atoms with Gasteiger partial charge in [0.15, 0.2) is 0 Å². The molecule has 2 atom stereocenters. The number of hydrogen-bond acceptors (Lipinski definition) is 8. The molecular weight excluding hydrogens is 542 g/mol. The molecule has 0 spiro atoms. The number of pyridine rings is 1. The van der Waals surface area contributed by atoms with Crippen molar-refractivity contribution >= 4 is 56.5 Å². The molecule has 4 amide bonds. The van der Waals surface area contributed by atoms with E-state index in [1.165, 1.54) is 17.4 Å². The number of amides is 4. The molecule has 3 aromatic heterocycles. The van der Waals surface area contributed by atoms with E-state index in [0.717, 1.165) is 31.2 Å². The van der Waals surface area contributed by atoms with Crippen molar-refractivity contribution < 1.29 is 19.1 Å². The van der Waals surface area contributed by atoms with Crippen LogP contribution in [-0.2, 0) is 4.79 Å². The van der Waals surface area contributed by atoms with Crippen molar-refractivity contribution in [2.45, 2.75) is 44.7 Å². The van der Waals surface area contributed by atoms with Crippen molar-refractivity contribution in [1.82, 2.24) is 25.8 Å². The van der Waals surface area contributed by atoms with Crippen molar-refractivity contribution in [1.29, 1.82) is 0 Å². The van der Waals surface area contributed by atoms with Crippen LogP contribution in [0.2, 0.25) is 0 Å². The van der Waals surface area contributed by atoms with Crippen LogP contribution in [0, 0.1) is 6.92 Å². The molecule has 3 N–H and O–H groups in total. The molecule has 11 nitrogen and oxygen atoms in total. The molecule has 1 saturated carbocycles. The van der Waals surface area contributed by atoms with Gasteiger partial charge in [-0.25, -0.2) is 9.78 Å². The summed E-state index contributed by atoms with van der Waals surface area (Å²) in [5, 5.41) is 17.4. The normalized spacial score (nSPS) is 18.0. The van der Waals surface area contributed by atoms with E-state index in [-0.39, 0.29) is 23.9 Å². The molecule has 1 fully saturated rings. The van der Waals surface area contributed by atoms with Gasteiger partial charge in [-0.3, -0.25) is 14.5 Å². The fourth-order valence-electron chi connectivity index (χ4n) is 5.34. The maximum Gasteiger partial charge on any atom is 0.331 e. The molecule has 4 heterocycles. The van der Waals surface area contributed by atoms with Crippen molar-refractivity contribution in [3.8, 4) is 11.6 Å². The van der Waals surface area contributed by atoms with Gasteiger partial charge in [0.05, 0.1) is 22.4 Å². The molecule has 2 aliphatic rings. The van der Waals surface area contributed by atoms with E-state index in [4.69, 9.17) is 4.74 Å². The first-order valence-corrected chi connectivity index (χ1v) is 14.1. The van der Waals surface area contributed by atoms with Gasteiger partial charge in [-0.2, -0.15) is 5.10 Å². The standard InChI is InChI=1S/C29H27N7O4S/c1-3-22(37)32-18-7-4-5-8-19(18)33-27(38)26-25-24-21(12-14-30-28(24)41-26)36(29(39)34-25)20-11-10-17(15-16(20)2)40-23-9-6-13-31-35-23/h3,6,9-15,18-19H,1,4-5,7-8H2,2H3,(H,32,37)(H,33,38)(H,34,39)/t18-,19+/m0/s1. The third-order valence-corrected chi connectivity index (χ3v) is 8.32. The predicted molar refractivity (Wildman–Crippen MR) is 156 cm³/mol. The third kappa shape index (κ3) is 5.09. The first kappa shape index (κ1) is 26.4. The molecule has 0 saturated heterocycles. The van der Waals surface area contributed by atoms with Gasteiger partial charge < -0.3 is 20.7 Å². The number of benzene rings is 1. The number of nitrogens with zero attached hydrogens (tertiary/aromatic N) is 4. The highest BCUT2D eigenvalue weighted by atomic mass is 32.1. The van der Waals surface area contributed by atoms with Gasteiger partial charge in [-0.15, -0.1) is 16.4 Å². The minimum atomic E-state index is -0.392. The highest BCUT2D eigenvalue weighted by molar-refractivity contribution is 7.21. The van der Waals surface area contributed by atoms with Crippen molar-refractivity contribution in [3.05, 3.63) is 71.9 Å². The number of aryl methyl sites for hydroxylation is 1. The molecule has 0 bridgehead atoms. The Balaban J connectivity index is 1.30. The Hall–Kier alpha value is -4.84. The Morgan fingerprint density at radius 1 is 1.12 bits per heavy atom. The van der Waals surface area contributed by atoms with Crippen LogP contribution in [0.3, 0.4) is 0 Å². The van der Waals surface area contributed by atoms with E-state index < -0.39 is 6.03 Å². The lowest BCUT2D eigenvalue weighted by atomic mass is 9.90. The zero-order valence-corrected chi connectivity index (χ0v) is 23.0. The Morgan fingerprint density at radius 3 is 2.66 bits per heavy atom. The third-order valence-electron chi connectivity index (χ3n) is 7.23. The summed E-state index contributed by atoms with van der Waals surface area (Å²) in [6.45, 7) is 5.41. The van der Waals surface area contributed by atoms with Crippen LogP contribution in [-0.4, -0.2) is 45.1 Å². The predicted octanol–water partition coefficient (Wildman–Crippen LogP) is 5.21. The second-order valence-corrected chi connectivity index (χ2v) is 10.9. The Morgan fingerprint density at radius 2 is 1.93 bits per heavy atom. The summed E-state index contributed by atoms with van der Waals surface area (Å²) in [7, 11) is 0. The van der Waals surface area contributed by atoms with Crippen molar-refractivity contribution in [2.24, 2.45) is 0 Å². The summed E-state index contributed by atoms with van der Waals surface area (Å²) in [5.74, 6) is 0.346. The van der Waals surface area contributed by atoms with Gasteiger partial charge in [0.25, 0.3) is 5.91 Å². The van der Waals surface area contributed by atoms with Gasteiger partial charge in [0, 0.05) is 30.5 Å². The number of nitrogens with one attached hydrogen (secondary N) is 3. The molecule has 12 heteroatoms. The van der Waals surface area contributed by atoms with Crippen LogP contribution in [0.15, 0.2) is 61.4 Å². The summed E-state index contributed by atoms with van der Waals surface area (Å²) in [6.07, 6.45) is 7.86. The number of aromatic nitrogens is 3. The zero-order chi connectivity index (χ0) is 28.5. The SMILES string of the molecule is C=CC(=O)N[C@H]1CCCC[C@H]1NC(=O)c1sc2nccc3c2c1NC(=O)N3c1ccc(Oc2cccnn2)cc1C. The van der Waals surface area contributed by atoms with E-state index in [9.17, 15) is 14.4 Å². The molecule has 6 rings (SSSR count). The highest BCUT2D eigenvalue weighted by Crippen LogP contribution is 2.46. The zero-order valence-electron chi connectivity index (χ0n) is 22.2. The van der Waals surface area contributed by atoms with E-state index in [1.807, 2.05) is 13.0 Å².